The van der Waals surface area contributed by atoms with Crippen LogP contribution in [0.1, 0.15) is 16.7 Å². The molecule has 160 valence electrons. The summed E-state index contributed by atoms with van der Waals surface area (Å²) in [6.07, 6.45) is 1.50. The molecule has 0 aliphatic rings. The molecule has 0 unspecified atom stereocenters. The average molecular weight is 470 g/mol. The van der Waals surface area contributed by atoms with Crippen molar-refractivity contribution in [3.63, 3.8) is 0 Å². The summed E-state index contributed by atoms with van der Waals surface area (Å²) in [6, 6.07) is 16.8. The van der Waals surface area contributed by atoms with E-state index in [2.05, 4.69) is 0 Å². The van der Waals surface area contributed by atoms with E-state index in [9.17, 15) is 25.5 Å². The van der Waals surface area contributed by atoms with Crippen LogP contribution in [0.15, 0.2) is 60.7 Å². The molecule has 8 nitrogen and oxygen atoms in total. The van der Waals surface area contributed by atoms with Gasteiger partial charge in [-0.1, -0.05) is 47.5 Å². The standard InChI is InChI=1S/C22H13Cl2N3O5/c23-20-9-15(7-17(12-25)16-4-2-6-19(11-16)27(30)31)10-21(24)22(20)32-13-14-3-1-5-18(8-14)26(28)29/h1-11H,13H2/b17-7-. The normalized spacial score (nSPS) is 11.0. The quantitative estimate of drug-likeness (QED) is 0.169. The molecule has 0 amide bonds. The summed E-state index contributed by atoms with van der Waals surface area (Å²) in [4.78, 5) is 20.8. The van der Waals surface area contributed by atoms with E-state index >= 15 is 0 Å². The Balaban J connectivity index is 1.85. The van der Waals surface area contributed by atoms with Crippen LogP contribution in [0.5, 0.6) is 5.75 Å². The maximum atomic E-state index is 11.0. The first-order valence-corrected chi connectivity index (χ1v) is 9.76. The Morgan fingerprint density at radius 1 is 0.969 bits per heavy atom. The summed E-state index contributed by atoms with van der Waals surface area (Å²) >= 11 is 12.6. The second kappa shape index (κ2) is 9.92. The first-order valence-electron chi connectivity index (χ1n) is 9.00. The Hall–Kier alpha value is -3.93. The maximum Gasteiger partial charge on any atom is 0.270 e. The van der Waals surface area contributed by atoms with Crippen molar-refractivity contribution in [3.05, 3.63) is 108 Å². The number of nitriles is 1. The van der Waals surface area contributed by atoms with Gasteiger partial charge < -0.3 is 4.74 Å². The first kappa shape index (κ1) is 22.7. The number of hydrogen-bond acceptors (Lipinski definition) is 6. The molecule has 3 aromatic carbocycles. The fourth-order valence-electron chi connectivity index (χ4n) is 2.85. The summed E-state index contributed by atoms with van der Waals surface area (Å²) in [7, 11) is 0. The zero-order chi connectivity index (χ0) is 23.3. The predicted octanol–water partition coefficient (Wildman–Crippen LogP) is 6.45. The van der Waals surface area contributed by atoms with Gasteiger partial charge in [0.25, 0.3) is 11.4 Å². The maximum absolute atomic E-state index is 11.0. The molecule has 0 aliphatic carbocycles. The van der Waals surface area contributed by atoms with Crippen LogP contribution >= 0.6 is 23.2 Å². The molecular weight excluding hydrogens is 457 g/mol. The highest BCUT2D eigenvalue weighted by Gasteiger charge is 2.13. The van der Waals surface area contributed by atoms with Gasteiger partial charge in [-0.05, 0) is 34.9 Å². The summed E-state index contributed by atoms with van der Waals surface area (Å²) in [5, 5.41) is 31.7. The molecule has 0 aliphatic heterocycles. The van der Waals surface area contributed by atoms with Crippen molar-refractivity contribution in [2.75, 3.05) is 0 Å². The second-order valence-corrected chi connectivity index (χ2v) is 7.32. The van der Waals surface area contributed by atoms with Crippen molar-refractivity contribution in [2.45, 2.75) is 6.61 Å². The zero-order valence-corrected chi connectivity index (χ0v) is 17.7. The Labute approximate surface area is 192 Å². The lowest BCUT2D eigenvalue weighted by Gasteiger charge is -2.11. The van der Waals surface area contributed by atoms with E-state index in [1.807, 2.05) is 6.07 Å². The van der Waals surface area contributed by atoms with Gasteiger partial charge in [-0.25, -0.2) is 0 Å². The number of nitro benzene ring substituents is 2. The predicted molar refractivity (Wildman–Crippen MR) is 120 cm³/mol. The molecule has 0 bridgehead atoms. The lowest BCUT2D eigenvalue weighted by atomic mass is 10.0. The summed E-state index contributed by atoms with van der Waals surface area (Å²) in [6.45, 7) is 0.00738. The van der Waals surface area contributed by atoms with Crippen molar-refractivity contribution < 1.29 is 14.6 Å². The van der Waals surface area contributed by atoms with Crippen LogP contribution in [0.3, 0.4) is 0 Å². The van der Waals surface area contributed by atoms with Gasteiger partial charge in [-0.15, -0.1) is 0 Å². The topological polar surface area (TPSA) is 119 Å². The van der Waals surface area contributed by atoms with Gasteiger partial charge in [0, 0.05) is 24.3 Å². The van der Waals surface area contributed by atoms with Gasteiger partial charge >= 0.3 is 0 Å². The minimum absolute atomic E-state index is 0.00738. The number of rotatable bonds is 7. The van der Waals surface area contributed by atoms with Crippen LogP contribution < -0.4 is 4.74 Å². The van der Waals surface area contributed by atoms with Crippen LogP contribution in [-0.2, 0) is 6.61 Å². The smallest absolute Gasteiger partial charge is 0.270 e. The third-order valence-electron chi connectivity index (χ3n) is 4.32. The Morgan fingerprint density at radius 2 is 1.56 bits per heavy atom. The fourth-order valence-corrected chi connectivity index (χ4v) is 3.46. The van der Waals surface area contributed by atoms with Crippen molar-refractivity contribution in [3.8, 4) is 11.8 Å². The molecule has 32 heavy (non-hydrogen) atoms. The highest BCUT2D eigenvalue weighted by atomic mass is 35.5. The van der Waals surface area contributed by atoms with Crippen molar-refractivity contribution in [1.82, 2.24) is 0 Å². The van der Waals surface area contributed by atoms with E-state index < -0.39 is 9.85 Å². The molecule has 3 aromatic rings. The highest BCUT2D eigenvalue weighted by molar-refractivity contribution is 6.37. The Kier molecular flexibility index (Phi) is 7.05. The van der Waals surface area contributed by atoms with Gasteiger partial charge in [-0.2, -0.15) is 5.26 Å². The molecule has 0 saturated carbocycles. The van der Waals surface area contributed by atoms with Crippen LogP contribution in [-0.4, -0.2) is 9.85 Å². The second-order valence-electron chi connectivity index (χ2n) is 6.51. The average Bonchev–Trinajstić information content (AvgIpc) is 2.77. The molecule has 0 fully saturated rings. The molecule has 0 spiro atoms. The Morgan fingerprint density at radius 3 is 2.16 bits per heavy atom. The van der Waals surface area contributed by atoms with Crippen LogP contribution in [0.25, 0.3) is 11.6 Å². The minimum Gasteiger partial charge on any atom is -0.486 e. The third kappa shape index (κ3) is 5.40. The number of halogens is 2. The summed E-state index contributed by atoms with van der Waals surface area (Å²) in [5.41, 5.74) is 1.42. The largest absolute Gasteiger partial charge is 0.486 e. The van der Waals surface area contributed by atoms with Gasteiger partial charge in [0.2, 0.25) is 0 Å². The number of benzene rings is 3. The van der Waals surface area contributed by atoms with E-state index in [4.69, 9.17) is 27.9 Å². The summed E-state index contributed by atoms with van der Waals surface area (Å²) in [5.74, 6) is 0.186. The lowest BCUT2D eigenvalue weighted by Crippen LogP contribution is -1.98. The molecule has 0 heterocycles. The summed E-state index contributed by atoms with van der Waals surface area (Å²) < 4.78 is 5.65. The van der Waals surface area contributed by atoms with Crippen LogP contribution in [0.2, 0.25) is 10.0 Å². The van der Waals surface area contributed by atoms with Crippen molar-refractivity contribution in [1.29, 1.82) is 5.26 Å². The number of allylic oxidation sites excluding steroid dienone is 1. The molecule has 0 N–H and O–H groups in total. The van der Waals surface area contributed by atoms with E-state index in [1.54, 1.807) is 18.2 Å². The molecule has 3 rings (SSSR count). The molecule has 0 radical (unpaired) electrons. The minimum atomic E-state index is -0.542. The van der Waals surface area contributed by atoms with Gasteiger partial charge in [0.05, 0.1) is 31.5 Å². The van der Waals surface area contributed by atoms with Crippen LogP contribution in [0, 0.1) is 31.6 Å². The number of ether oxygens (including phenoxy) is 1. The van der Waals surface area contributed by atoms with E-state index in [0.717, 1.165) is 0 Å². The zero-order valence-electron chi connectivity index (χ0n) is 16.2. The highest BCUT2D eigenvalue weighted by Crippen LogP contribution is 2.36. The number of hydrogen-bond donors (Lipinski definition) is 0. The number of nitrogens with zero attached hydrogens (tertiary/aromatic N) is 3. The lowest BCUT2D eigenvalue weighted by molar-refractivity contribution is -0.385. The third-order valence-corrected chi connectivity index (χ3v) is 4.89. The van der Waals surface area contributed by atoms with Gasteiger partial charge in [0.15, 0.2) is 5.75 Å². The monoisotopic (exact) mass is 469 g/mol. The molecular formula is C22H13Cl2N3O5. The molecule has 0 aromatic heterocycles. The van der Waals surface area contributed by atoms with E-state index in [-0.39, 0.29) is 39.3 Å². The van der Waals surface area contributed by atoms with E-state index in [1.165, 1.54) is 48.5 Å². The van der Waals surface area contributed by atoms with Crippen molar-refractivity contribution in [2.24, 2.45) is 0 Å². The molecule has 0 atom stereocenters. The first-order chi connectivity index (χ1) is 15.3. The van der Waals surface area contributed by atoms with E-state index in [0.29, 0.717) is 16.7 Å². The molecule has 10 heteroatoms. The number of non-ortho nitro benzene ring substituents is 2. The Bertz CT molecular complexity index is 1260. The van der Waals surface area contributed by atoms with Crippen molar-refractivity contribution >= 4 is 46.2 Å². The molecule has 0 saturated heterocycles. The van der Waals surface area contributed by atoms with Gasteiger partial charge in [0.1, 0.15) is 6.61 Å². The fraction of sp³-hybridized carbons (Fsp3) is 0.0455. The van der Waals surface area contributed by atoms with Crippen LogP contribution in [0.4, 0.5) is 11.4 Å². The van der Waals surface area contributed by atoms with Gasteiger partial charge in [-0.3, -0.25) is 20.2 Å². The SMILES string of the molecule is N#C/C(=C/c1cc(Cl)c(OCc2cccc([N+](=O)[O-])c2)c(Cl)c1)c1cccc([N+](=O)[O-])c1. The number of nitro groups is 2.